The molecule has 1 amide bonds. The van der Waals surface area contributed by atoms with Crippen LogP contribution >= 0.6 is 0 Å². The van der Waals surface area contributed by atoms with E-state index >= 15 is 0 Å². The molecule has 2 aliphatic rings. The molecule has 0 radical (unpaired) electrons. The van der Waals surface area contributed by atoms with Crippen LogP contribution in [0.25, 0.3) is 10.9 Å². The third-order valence-electron chi connectivity index (χ3n) is 5.95. The van der Waals surface area contributed by atoms with Crippen LogP contribution < -0.4 is 0 Å². The van der Waals surface area contributed by atoms with Gasteiger partial charge in [-0.1, -0.05) is 48.5 Å². The molecule has 0 spiro atoms. The van der Waals surface area contributed by atoms with E-state index in [4.69, 9.17) is 0 Å². The van der Waals surface area contributed by atoms with Gasteiger partial charge in [-0.15, -0.1) is 0 Å². The van der Waals surface area contributed by atoms with E-state index in [-0.39, 0.29) is 6.04 Å². The van der Waals surface area contributed by atoms with Crippen molar-refractivity contribution >= 4 is 22.6 Å². The Morgan fingerprint density at radius 1 is 0.929 bits per heavy atom. The van der Waals surface area contributed by atoms with Crippen LogP contribution in [0.1, 0.15) is 34.8 Å². The number of benzene rings is 2. The maximum atomic E-state index is 13.3. The molecule has 1 N–H and O–H groups in total. The number of amides is 1. The van der Waals surface area contributed by atoms with E-state index in [1.54, 1.807) is 11.1 Å². The standard InChI is InChI=1S/C23H23N3O2/c27-22(19-14-24-20-9-5-4-8-18(19)20)23(28)26-13-12-25(17-10-11-17)15-21(26)16-6-2-1-3-7-16/h1-9,14,17,21,24H,10-13,15H2. The Morgan fingerprint density at radius 3 is 2.46 bits per heavy atom. The highest BCUT2D eigenvalue weighted by atomic mass is 16.2. The summed E-state index contributed by atoms with van der Waals surface area (Å²) in [4.78, 5) is 33.7. The molecule has 142 valence electrons. The molecule has 5 heteroatoms. The normalized spacial score (nSPS) is 20.4. The Kier molecular flexibility index (Phi) is 4.24. The fourth-order valence-electron chi connectivity index (χ4n) is 4.28. The van der Waals surface area contributed by atoms with Crippen LogP contribution in [-0.2, 0) is 4.79 Å². The average molecular weight is 373 g/mol. The summed E-state index contributed by atoms with van der Waals surface area (Å²) in [5.41, 5.74) is 2.42. The number of rotatable bonds is 4. The first-order valence-corrected chi connectivity index (χ1v) is 9.93. The van der Waals surface area contributed by atoms with Crippen LogP contribution in [-0.4, -0.2) is 52.2 Å². The van der Waals surface area contributed by atoms with Gasteiger partial charge < -0.3 is 9.88 Å². The number of hydrogen-bond acceptors (Lipinski definition) is 3. The van der Waals surface area contributed by atoms with Crippen molar-refractivity contribution in [3.8, 4) is 0 Å². The van der Waals surface area contributed by atoms with Gasteiger partial charge in [-0.05, 0) is 24.5 Å². The molecule has 1 saturated heterocycles. The maximum Gasteiger partial charge on any atom is 0.295 e. The largest absolute Gasteiger partial charge is 0.360 e. The summed E-state index contributed by atoms with van der Waals surface area (Å²) < 4.78 is 0. The minimum atomic E-state index is -0.432. The van der Waals surface area contributed by atoms with Crippen molar-refractivity contribution in [1.29, 1.82) is 0 Å². The van der Waals surface area contributed by atoms with Gasteiger partial charge >= 0.3 is 0 Å². The van der Waals surface area contributed by atoms with Crippen LogP contribution in [0, 0.1) is 0 Å². The number of aromatic nitrogens is 1. The first-order valence-electron chi connectivity index (χ1n) is 9.93. The molecule has 2 fully saturated rings. The minimum Gasteiger partial charge on any atom is -0.360 e. The van der Waals surface area contributed by atoms with Crippen molar-refractivity contribution < 1.29 is 9.59 Å². The van der Waals surface area contributed by atoms with Crippen molar-refractivity contribution in [1.82, 2.24) is 14.8 Å². The zero-order chi connectivity index (χ0) is 19.1. The molecule has 28 heavy (non-hydrogen) atoms. The molecule has 1 aromatic heterocycles. The SMILES string of the molecule is O=C(C(=O)N1CCN(C2CC2)CC1c1ccccc1)c1c[nH]c2ccccc12. The molecular formula is C23H23N3O2. The zero-order valence-electron chi connectivity index (χ0n) is 15.7. The number of nitrogens with one attached hydrogen (secondary N) is 1. The first-order chi connectivity index (χ1) is 13.7. The predicted molar refractivity (Wildman–Crippen MR) is 108 cm³/mol. The molecule has 1 aliphatic heterocycles. The number of Topliss-reactive ketones (excluding diaryl/α,β-unsaturated/α-hetero) is 1. The van der Waals surface area contributed by atoms with E-state index in [0.717, 1.165) is 29.6 Å². The van der Waals surface area contributed by atoms with E-state index in [2.05, 4.69) is 22.0 Å². The second kappa shape index (κ2) is 6.91. The molecule has 0 bridgehead atoms. The van der Waals surface area contributed by atoms with Gasteiger partial charge in [-0.25, -0.2) is 0 Å². The first kappa shape index (κ1) is 17.2. The number of para-hydroxylation sites is 1. The van der Waals surface area contributed by atoms with Crippen LogP contribution in [0.5, 0.6) is 0 Å². The lowest BCUT2D eigenvalue weighted by Gasteiger charge is -2.41. The number of nitrogens with zero attached hydrogens (tertiary/aromatic N) is 2. The van der Waals surface area contributed by atoms with Gasteiger partial charge in [-0.2, -0.15) is 0 Å². The van der Waals surface area contributed by atoms with Crippen molar-refractivity contribution in [2.45, 2.75) is 24.9 Å². The van der Waals surface area contributed by atoms with Gasteiger partial charge in [0.15, 0.2) is 0 Å². The lowest BCUT2D eigenvalue weighted by molar-refractivity contribution is -0.131. The zero-order valence-corrected chi connectivity index (χ0v) is 15.7. The summed E-state index contributed by atoms with van der Waals surface area (Å²) >= 11 is 0. The topological polar surface area (TPSA) is 56.4 Å². The Labute approximate surface area is 163 Å². The van der Waals surface area contributed by atoms with Crippen molar-refractivity contribution in [2.75, 3.05) is 19.6 Å². The van der Waals surface area contributed by atoms with Crippen molar-refractivity contribution in [2.24, 2.45) is 0 Å². The number of piperazine rings is 1. The highest BCUT2D eigenvalue weighted by Gasteiger charge is 2.39. The monoisotopic (exact) mass is 373 g/mol. The Balaban J connectivity index is 1.45. The highest BCUT2D eigenvalue weighted by Crippen LogP contribution is 2.34. The number of H-pyrrole nitrogens is 1. The number of carbonyl (C=O) groups is 2. The highest BCUT2D eigenvalue weighted by molar-refractivity contribution is 6.44. The number of aromatic amines is 1. The summed E-state index contributed by atoms with van der Waals surface area (Å²) in [5.74, 6) is -0.840. The second-order valence-electron chi connectivity index (χ2n) is 7.73. The number of hydrogen-bond donors (Lipinski definition) is 1. The molecular weight excluding hydrogens is 350 g/mol. The van der Waals surface area contributed by atoms with E-state index in [0.29, 0.717) is 18.2 Å². The fraction of sp³-hybridized carbons (Fsp3) is 0.304. The van der Waals surface area contributed by atoms with E-state index in [1.165, 1.54) is 12.8 Å². The lowest BCUT2D eigenvalue weighted by Crippen LogP contribution is -2.52. The Hall–Kier alpha value is -2.92. The molecule has 2 aromatic carbocycles. The number of ketones is 1. The van der Waals surface area contributed by atoms with Gasteiger partial charge in [0, 0.05) is 42.8 Å². The van der Waals surface area contributed by atoms with Crippen LogP contribution in [0.15, 0.2) is 60.8 Å². The lowest BCUT2D eigenvalue weighted by atomic mass is 10.00. The van der Waals surface area contributed by atoms with Gasteiger partial charge in [0.2, 0.25) is 0 Å². The Bertz CT molecular complexity index is 1020. The van der Waals surface area contributed by atoms with Crippen LogP contribution in [0.2, 0.25) is 0 Å². The quantitative estimate of drug-likeness (QED) is 0.563. The number of fused-ring (bicyclic) bond motifs is 1. The number of carbonyl (C=O) groups excluding carboxylic acids is 2. The molecule has 1 saturated carbocycles. The summed E-state index contributed by atoms with van der Waals surface area (Å²) in [6, 6.07) is 18.2. The minimum absolute atomic E-state index is 0.0859. The summed E-state index contributed by atoms with van der Waals surface area (Å²) in [6.07, 6.45) is 4.14. The van der Waals surface area contributed by atoms with E-state index in [9.17, 15) is 9.59 Å². The third-order valence-corrected chi connectivity index (χ3v) is 5.95. The summed E-state index contributed by atoms with van der Waals surface area (Å²) in [7, 11) is 0. The average Bonchev–Trinajstić information content (AvgIpc) is 3.52. The molecule has 5 nitrogen and oxygen atoms in total. The smallest absolute Gasteiger partial charge is 0.295 e. The van der Waals surface area contributed by atoms with E-state index < -0.39 is 11.7 Å². The molecule has 3 aromatic rings. The molecule has 2 heterocycles. The third kappa shape index (κ3) is 3.02. The van der Waals surface area contributed by atoms with Gasteiger partial charge in [0.1, 0.15) is 0 Å². The fourth-order valence-corrected chi connectivity index (χ4v) is 4.28. The van der Waals surface area contributed by atoms with Gasteiger partial charge in [0.25, 0.3) is 11.7 Å². The Morgan fingerprint density at radius 2 is 1.68 bits per heavy atom. The molecule has 1 atom stereocenters. The summed E-state index contributed by atoms with van der Waals surface area (Å²) in [6.45, 7) is 2.21. The van der Waals surface area contributed by atoms with Crippen LogP contribution in [0.3, 0.4) is 0 Å². The maximum absolute atomic E-state index is 13.3. The van der Waals surface area contributed by atoms with E-state index in [1.807, 2.05) is 42.5 Å². The molecule has 1 unspecified atom stereocenters. The molecule has 5 rings (SSSR count). The van der Waals surface area contributed by atoms with Gasteiger partial charge in [0.05, 0.1) is 11.6 Å². The van der Waals surface area contributed by atoms with Gasteiger partial charge in [-0.3, -0.25) is 14.5 Å². The second-order valence-corrected chi connectivity index (χ2v) is 7.73. The summed E-state index contributed by atoms with van der Waals surface area (Å²) in [5, 5.41) is 0.800. The van der Waals surface area contributed by atoms with Crippen LogP contribution in [0.4, 0.5) is 0 Å². The predicted octanol–water partition coefficient (Wildman–Crippen LogP) is 3.40. The molecule has 1 aliphatic carbocycles. The van der Waals surface area contributed by atoms with Crippen molar-refractivity contribution in [3.63, 3.8) is 0 Å². The van der Waals surface area contributed by atoms with Crippen molar-refractivity contribution in [3.05, 3.63) is 71.9 Å².